The Balaban J connectivity index is 2.59. The molecule has 0 fully saturated rings. The van der Waals surface area contributed by atoms with Crippen LogP contribution in [0.1, 0.15) is 19.4 Å². The fourth-order valence-corrected chi connectivity index (χ4v) is 3.10. The summed E-state index contributed by atoms with van der Waals surface area (Å²) in [7, 11) is -1.35. The van der Waals surface area contributed by atoms with Crippen molar-refractivity contribution in [2.24, 2.45) is 0 Å². The van der Waals surface area contributed by atoms with Gasteiger partial charge < -0.3 is 5.21 Å². The third-order valence-electron chi connectivity index (χ3n) is 3.23. The molecule has 0 saturated heterocycles. The molecule has 4 nitrogen and oxygen atoms in total. The molecule has 22 heavy (non-hydrogen) atoms. The number of pyridine rings is 1. The Morgan fingerprint density at radius 3 is 2.32 bits per heavy atom. The lowest BCUT2D eigenvalue weighted by molar-refractivity contribution is -0.595. The number of halogens is 2. The van der Waals surface area contributed by atoms with Crippen LogP contribution in [0.2, 0.25) is 0 Å². The second kappa shape index (κ2) is 6.10. The fraction of sp³-hybridized carbons (Fsp3) is 0.267. The summed E-state index contributed by atoms with van der Waals surface area (Å²) in [4.78, 5) is 0. The number of hydrogen-bond donors (Lipinski definition) is 1. The van der Waals surface area contributed by atoms with Gasteiger partial charge in [-0.1, -0.05) is 0 Å². The Kier molecular flexibility index (Phi) is 4.58. The Hall–Kier alpha value is -1.86. The molecule has 0 spiro atoms. The van der Waals surface area contributed by atoms with Crippen molar-refractivity contribution in [2.75, 3.05) is 6.26 Å². The third kappa shape index (κ3) is 3.31. The molecule has 7 heteroatoms. The summed E-state index contributed by atoms with van der Waals surface area (Å²) >= 11 is 0. The van der Waals surface area contributed by atoms with Gasteiger partial charge in [0.05, 0.1) is 22.1 Å². The van der Waals surface area contributed by atoms with Crippen LogP contribution in [-0.4, -0.2) is 10.5 Å². The summed E-state index contributed by atoms with van der Waals surface area (Å²) in [5, 5.41) is 11.9. The van der Waals surface area contributed by atoms with Gasteiger partial charge in [0.2, 0.25) is 5.82 Å². The molecule has 1 unspecified atom stereocenters. The predicted molar refractivity (Wildman–Crippen MR) is 81.0 cm³/mol. The number of rotatable bonds is 4. The van der Waals surface area contributed by atoms with Gasteiger partial charge in [-0.3, -0.25) is 0 Å². The van der Waals surface area contributed by atoms with Crippen molar-refractivity contribution < 1.29 is 17.7 Å². The average molecular weight is 326 g/mol. The van der Waals surface area contributed by atoms with Crippen LogP contribution in [0.4, 0.5) is 8.78 Å². The normalized spacial score (nSPS) is 13.1. The number of aromatic nitrogens is 1. The minimum Gasteiger partial charge on any atom is -0.618 e. The van der Waals surface area contributed by atoms with Crippen LogP contribution in [0.3, 0.4) is 0 Å². The molecule has 118 valence electrons. The average Bonchev–Trinajstić information content (AvgIpc) is 2.39. The van der Waals surface area contributed by atoms with Crippen LogP contribution < -0.4 is 9.45 Å². The van der Waals surface area contributed by atoms with Gasteiger partial charge in [0.15, 0.2) is 6.20 Å². The molecule has 0 amide bonds. The van der Waals surface area contributed by atoms with Gasteiger partial charge >= 0.3 is 0 Å². The van der Waals surface area contributed by atoms with E-state index in [-0.39, 0.29) is 16.8 Å². The standard InChI is InChI=1S/C15H16F2N2O2S/c1-15(2,18-22(3)21)12-8-9-19(20)14(13(12)17)10-4-6-11(16)7-5-10/h4-9,18H,1-3H3. The highest BCUT2D eigenvalue weighted by molar-refractivity contribution is 7.82. The van der Waals surface area contributed by atoms with E-state index < -0.39 is 28.2 Å². The summed E-state index contributed by atoms with van der Waals surface area (Å²) in [6.45, 7) is 3.33. The summed E-state index contributed by atoms with van der Waals surface area (Å²) in [6.07, 6.45) is 2.62. The SMILES string of the molecule is CS(=O)NC(C)(C)c1cc[n+]([O-])c(-c2ccc(F)cc2)c1F. The lowest BCUT2D eigenvalue weighted by atomic mass is 9.94. The van der Waals surface area contributed by atoms with Gasteiger partial charge in [-0.15, -0.1) is 0 Å². The molecule has 0 bridgehead atoms. The molecule has 0 radical (unpaired) electrons. The van der Waals surface area contributed by atoms with Crippen molar-refractivity contribution >= 4 is 11.0 Å². The van der Waals surface area contributed by atoms with Crippen molar-refractivity contribution in [1.29, 1.82) is 0 Å². The quantitative estimate of drug-likeness (QED) is 0.693. The number of benzene rings is 1. The number of hydrogen-bond acceptors (Lipinski definition) is 2. The van der Waals surface area contributed by atoms with Crippen LogP contribution in [-0.2, 0) is 16.5 Å². The Labute approximate surface area is 130 Å². The van der Waals surface area contributed by atoms with E-state index in [0.717, 1.165) is 12.1 Å². The first-order chi connectivity index (χ1) is 10.2. The van der Waals surface area contributed by atoms with E-state index >= 15 is 0 Å². The van der Waals surface area contributed by atoms with E-state index in [0.29, 0.717) is 4.73 Å². The van der Waals surface area contributed by atoms with Crippen molar-refractivity contribution in [2.45, 2.75) is 19.4 Å². The second-order valence-electron chi connectivity index (χ2n) is 5.41. The maximum absolute atomic E-state index is 14.8. The molecule has 2 aromatic rings. The lowest BCUT2D eigenvalue weighted by Crippen LogP contribution is -2.40. The molecular weight excluding hydrogens is 310 g/mol. The molecule has 0 saturated carbocycles. The molecule has 1 aromatic heterocycles. The van der Waals surface area contributed by atoms with Crippen LogP contribution in [0.15, 0.2) is 36.5 Å². The summed E-state index contributed by atoms with van der Waals surface area (Å²) in [5.74, 6) is -1.20. The topological polar surface area (TPSA) is 56.0 Å². The monoisotopic (exact) mass is 326 g/mol. The molecule has 1 aromatic carbocycles. The maximum Gasteiger partial charge on any atom is 0.260 e. The van der Waals surface area contributed by atoms with E-state index in [1.807, 2.05) is 0 Å². The Bertz CT molecular complexity index is 718. The molecule has 1 heterocycles. The van der Waals surface area contributed by atoms with E-state index in [4.69, 9.17) is 0 Å². The zero-order valence-corrected chi connectivity index (χ0v) is 13.2. The van der Waals surface area contributed by atoms with Crippen molar-refractivity contribution in [3.63, 3.8) is 0 Å². The molecule has 1 N–H and O–H groups in total. The highest BCUT2D eigenvalue weighted by Gasteiger charge is 2.30. The van der Waals surface area contributed by atoms with Gasteiger partial charge in [0.1, 0.15) is 5.82 Å². The molecular formula is C15H16F2N2O2S. The first-order valence-corrected chi connectivity index (χ1v) is 8.07. The third-order valence-corrected chi connectivity index (χ3v) is 4.03. The smallest absolute Gasteiger partial charge is 0.260 e. The van der Waals surface area contributed by atoms with Gasteiger partial charge in [-0.05, 0) is 38.1 Å². The first-order valence-electron chi connectivity index (χ1n) is 6.51. The number of nitrogens with zero attached hydrogens (tertiary/aromatic N) is 1. The van der Waals surface area contributed by atoms with Crippen LogP contribution in [0.25, 0.3) is 11.3 Å². The summed E-state index contributed by atoms with van der Waals surface area (Å²) in [5.41, 5.74) is -0.667. The highest BCUT2D eigenvalue weighted by Crippen LogP contribution is 2.28. The lowest BCUT2D eigenvalue weighted by Gasteiger charge is -2.26. The molecule has 0 aliphatic heterocycles. The zero-order valence-electron chi connectivity index (χ0n) is 12.4. The van der Waals surface area contributed by atoms with Crippen LogP contribution >= 0.6 is 0 Å². The molecule has 2 rings (SSSR count). The first kappa shape index (κ1) is 16.5. The van der Waals surface area contributed by atoms with Gasteiger partial charge in [-0.25, -0.2) is 13.3 Å². The summed E-state index contributed by atoms with van der Waals surface area (Å²) in [6, 6.07) is 6.34. The minimum absolute atomic E-state index is 0.200. The zero-order chi connectivity index (χ0) is 16.5. The van der Waals surface area contributed by atoms with E-state index in [2.05, 4.69) is 4.72 Å². The molecule has 0 aliphatic carbocycles. The maximum atomic E-state index is 14.8. The van der Waals surface area contributed by atoms with Gasteiger partial charge in [0, 0.05) is 17.9 Å². The summed E-state index contributed by atoms with van der Waals surface area (Å²) < 4.78 is 42.3. The van der Waals surface area contributed by atoms with Gasteiger partial charge in [-0.2, -0.15) is 9.12 Å². The fourth-order valence-electron chi connectivity index (χ4n) is 2.27. The van der Waals surface area contributed by atoms with Gasteiger partial charge in [0.25, 0.3) is 5.69 Å². The van der Waals surface area contributed by atoms with Crippen molar-refractivity contribution in [1.82, 2.24) is 4.72 Å². The Morgan fingerprint density at radius 1 is 1.18 bits per heavy atom. The van der Waals surface area contributed by atoms with Crippen molar-refractivity contribution in [3.8, 4) is 11.3 Å². The minimum atomic E-state index is -1.35. The van der Waals surface area contributed by atoms with E-state index in [9.17, 15) is 18.2 Å². The molecule has 0 aliphatic rings. The molecule has 1 atom stereocenters. The second-order valence-corrected chi connectivity index (χ2v) is 6.52. The largest absolute Gasteiger partial charge is 0.618 e. The Morgan fingerprint density at radius 2 is 1.77 bits per heavy atom. The van der Waals surface area contributed by atoms with Crippen LogP contribution in [0.5, 0.6) is 0 Å². The predicted octanol–water partition coefficient (Wildman–Crippen LogP) is 2.38. The van der Waals surface area contributed by atoms with E-state index in [1.54, 1.807) is 13.8 Å². The highest BCUT2D eigenvalue weighted by atomic mass is 32.2. The van der Waals surface area contributed by atoms with E-state index in [1.165, 1.54) is 30.7 Å². The van der Waals surface area contributed by atoms with Crippen molar-refractivity contribution in [3.05, 3.63) is 58.9 Å². The number of nitrogens with one attached hydrogen (secondary N) is 1. The van der Waals surface area contributed by atoms with Crippen LogP contribution in [0, 0.1) is 16.8 Å².